The molecule has 0 atom stereocenters. The van der Waals surface area contributed by atoms with Crippen molar-refractivity contribution in [3.8, 4) is 17.2 Å². The van der Waals surface area contributed by atoms with Crippen LogP contribution in [-0.4, -0.2) is 36.1 Å². The predicted octanol–water partition coefficient (Wildman–Crippen LogP) is -1.30. The van der Waals surface area contributed by atoms with E-state index >= 15 is 0 Å². The summed E-state index contributed by atoms with van der Waals surface area (Å²) in [4.78, 5) is 11.7. The van der Waals surface area contributed by atoms with Crippen LogP contribution in [-0.2, 0) is 10.1 Å². The monoisotopic (exact) mass is 348 g/mol. The summed E-state index contributed by atoms with van der Waals surface area (Å²) in [6.45, 7) is 0. The van der Waals surface area contributed by atoms with Crippen molar-refractivity contribution in [1.82, 2.24) is 0 Å². The smallest absolute Gasteiger partial charge is 1.00 e. The summed E-state index contributed by atoms with van der Waals surface area (Å²) in [7, 11) is -3.51. The number of para-hydroxylation sites is 1. The van der Waals surface area contributed by atoms with E-state index in [-0.39, 0.29) is 48.0 Å². The van der Waals surface area contributed by atoms with Crippen molar-refractivity contribution in [1.29, 1.82) is 0 Å². The second-order valence-corrected chi connectivity index (χ2v) is 5.73. The van der Waals surface area contributed by atoms with Crippen molar-refractivity contribution >= 4 is 15.9 Å². The quantitative estimate of drug-likeness (QED) is 0.357. The average Bonchev–Trinajstić information content (AvgIpc) is 2.45. The van der Waals surface area contributed by atoms with Gasteiger partial charge in [0.1, 0.15) is 22.1 Å². The SMILES string of the molecule is COc1cc(O)c(C(=O)c2ccccc2O)cc1S(=O)(=O)O.[H-].[Na+]. The Morgan fingerprint density at radius 2 is 1.70 bits per heavy atom. The van der Waals surface area contributed by atoms with E-state index in [1.807, 2.05) is 0 Å². The average molecular weight is 348 g/mol. The van der Waals surface area contributed by atoms with Gasteiger partial charge in [-0.05, 0) is 18.2 Å². The van der Waals surface area contributed by atoms with Crippen LogP contribution in [0.25, 0.3) is 0 Å². The second kappa shape index (κ2) is 7.33. The van der Waals surface area contributed by atoms with Crippen LogP contribution in [0.2, 0.25) is 0 Å². The van der Waals surface area contributed by atoms with Gasteiger partial charge in [-0.2, -0.15) is 8.42 Å². The van der Waals surface area contributed by atoms with Gasteiger partial charge in [0.2, 0.25) is 5.78 Å². The Bertz CT molecular complexity index is 852. The molecule has 2 aromatic rings. The maximum atomic E-state index is 12.3. The Morgan fingerprint density at radius 1 is 1.09 bits per heavy atom. The van der Waals surface area contributed by atoms with Crippen LogP contribution in [0.3, 0.4) is 0 Å². The molecule has 0 saturated heterocycles. The summed E-state index contributed by atoms with van der Waals surface area (Å²) >= 11 is 0. The fourth-order valence-corrected chi connectivity index (χ4v) is 2.57. The molecule has 23 heavy (non-hydrogen) atoms. The first-order chi connectivity index (χ1) is 10.3. The molecule has 3 N–H and O–H groups in total. The molecule has 0 aromatic heterocycles. The van der Waals surface area contributed by atoms with Crippen LogP contribution < -0.4 is 34.3 Å². The number of hydrogen-bond acceptors (Lipinski definition) is 6. The molecule has 118 valence electrons. The van der Waals surface area contributed by atoms with E-state index < -0.39 is 32.1 Å². The molecule has 0 aliphatic rings. The first kappa shape index (κ1) is 19.5. The summed E-state index contributed by atoms with van der Waals surface area (Å²) in [6, 6.07) is 7.28. The fraction of sp³-hybridized carbons (Fsp3) is 0.0714. The van der Waals surface area contributed by atoms with Gasteiger partial charge in [0.05, 0.1) is 18.2 Å². The molecule has 0 unspecified atom stereocenters. The fourth-order valence-electron chi connectivity index (χ4n) is 1.90. The van der Waals surface area contributed by atoms with Gasteiger partial charge in [-0.3, -0.25) is 9.35 Å². The number of ether oxygens (including phenoxy) is 1. The maximum absolute atomic E-state index is 12.3. The molecule has 0 aliphatic carbocycles. The molecular weight excluding hydrogens is 335 g/mol. The molecule has 0 radical (unpaired) electrons. The van der Waals surface area contributed by atoms with Gasteiger partial charge in [-0.1, -0.05) is 12.1 Å². The zero-order chi connectivity index (χ0) is 16.5. The Morgan fingerprint density at radius 3 is 2.22 bits per heavy atom. The largest absolute Gasteiger partial charge is 1.00 e. The summed E-state index contributed by atoms with van der Waals surface area (Å²) in [5.74, 6) is -1.98. The summed E-state index contributed by atoms with van der Waals surface area (Å²) in [5, 5.41) is 19.5. The van der Waals surface area contributed by atoms with E-state index in [1.54, 1.807) is 0 Å². The number of rotatable bonds is 4. The molecule has 0 aliphatic heterocycles. The van der Waals surface area contributed by atoms with E-state index in [0.29, 0.717) is 0 Å². The molecule has 2 aromatic carbocycles. The third-order valence-corrected chi connectivity index (χ3v) is 3.83. The summed E-state index contributed by atoms with van der Waals surface area (Å²) in [6.07, 6.45) is 0. The van der Waals surface area contributed by atoms with Crippen molar-refractivity contribution in [2.75, 3.05) is 7.11 Å². The number of benzene rings is 2. The third-order valence-electron chi connectivity index (χ3n) is 2.95. The first-order valence-corrected chi connectivity index (χ1v) is 7.41. The minimum atomic E-state index is -4.66. The van der Waals surface area contributed by atoms with E-state index in [1.165, 1.54) is 24.3 Å². The van der Waals surface area contributed by atoms with Crippen molar-refractivity contribution in [3.63, 3.8) is 0 Å². The molecule has 0 bridgehead atoms. The number of carbonyl (C=O) groups excluding carboxylic acids is 1. The molecule has 2 rings (SSSR count). The van der Waals surface area contributed by atoms with Crippen LogP contribution in [0, 0.1) is 0 Å². The molecule has 0 fully saturated rings. The van der Waals surface area contributed by atoms with Gasteiger partial charge in [-0.15, -0.1) is 0 Å². The summed E-state index contributed by atoms with van der Waals surface area (Å²) in [5.41, 5.74) is -0.515. The Hall–Kier alpha value is -1.58. The zero-order valence-electron chi connectivity index (χ0n) is 13.3. The molecule has 0 heterocycles. The Labute approximate surface area is 156 Å². The van der Waals surface area contributed by atoms with Crippen molar-refractivity contribution in [2.45, 2.75) is 4.90 Å². The van der Waals surface area contributed by atoms with Gasteiger partial charge in [-0.25, -0.2) is 0 Å². The second-order valence-electron chi connectivity index (χ2n) is 4.34. The van der Waals surface area contributed by atoms with Crippen molar-refractivity contribution in [3.05, 3.63) is 47.5 Å². The topological polar surface area (TPSA) is 121 Å². The third kappa shape index (κ3) is 4.04. The number of methoxy groups -OCH3 is 1. The summed E-state index contributed by atoms with van der Waals surface area (Å²) < 4.78 is 36.6. The van der Waals surface area contributed by atoms with Gasteiger partial charge in [0.25, 0.3) is 10.1 Å². The molecular formula is C14H13NaO7S. The van der Waals surface area contributed by atoms with Gasteiger partial charge in [0.15, 0.2) is 0 Å². The maximum Gasteiger partial charge on any atom is 1.00 e. The van der Waals surface area contributed by atoms with E-state index in [0.717, 1.165) is 19.2 Å². The molecule has 0 spiro atoms. The van der Waals surface area contributed by atoms with E-state index in [2.05, 4.69) is 0 Å². The van der Waals surface area contributed by atoms with Crippen LogP contribution >= 0.6 is 0 Å². The van der Waals surface area contributed by atoms with E-state index in [4.69, 9.17) is 4.74 Å². The van der Waals surface area contributed by atoms with Crippen LogP contribution in [0.4, 0.5) is 0 Å². The van der Waals surface area contributed by atoms with Crippen LogP contribution in [0.15, 0.2) is 41.3 Å². The standard InChI is InChI=1S/C14H12O7S.Na.H/c1-21-12-7-11(16)9(6-13(12)22(18,19)20)14(17)8-4-2-3-5-10(8)15;;/h2-7,15-16H,1H3,(H,18,19,20);;/q;+1;-1. The number of aromatic hydroxyl groups is 2. The number of ketones is 1. The van der Waals surface area contributed by atoms with E-state index in [9.17, 15) is 28.0 Å². The van der Waals surface area contributed by atoms with Gasteiger partial charge in [0, 0.05) is 6.07 Å². The number of phenolic OH excluding ortho intramolecular Hbond substituents is 2. The normalized spacial score (nSPS) is 10.7. The number of phenols is 2. The number of carbonyl (C=O) groups is 1. The Balaban J connectivity index is 0.00000264. The van der Waals surface area contributed by atoms with Crippen molar-refractivity contribution < 1.29 is 63.7 Å². The molecule has 0 saturated carbocycles. The molecule has 0 amide bonds. The Kier molecular flexibility index (Phi) is 6.20. The van der Waals surface area contributed by atoms with Gasteiger partial charge < -0.3 is 16.4 Å². The molecule has 9 heteroatoms. The van der Waals surface area contributed by atoms with Crippen LogP contribution in [0.5, 0.6) is 17.2 Å². The first-order valence-electron chi connectivity index (χ1n) is 5.97. The van der Waals surface area contributed by atoms with Crippen molar-refractivity contribution in [2.24, 2.45) is 0 Å². The minimum Gasteiger partial charge on any atom is -1.00 e. The minimum absolute atomic E-state index is 0. The molecule has 7 nitrogen and oxygen atoms in total. The zero-order valence-corrected chi connectivity index (χ0v) is 15.2. The van der Waals surface area contributed by atoms with Gasteiger partial charge >= 0.3 is 29.6 Å². The predicted molar refractivity (Wildman–Crippen MR) is 77.1 cm³/mol. The van der Waals surface area contributed by atoms with Crippen LogP contribution in [0.1, 0.15) is 17.3 Å². The number of hydrogen-bond donors (Lipinski definition) is 3.